The van der Waals surface area contributed by atoms with E-state index in [1.807, 2.05) is 24.3 Å². The second kappa shape index (κ2) is 10.2. The number of esters is 1. The molecule has 0 spiro atoms. The van der Waals surface area contributed by atoms with Gasteiger partial charge in [0, 0.05) is 19.8 Å². The maximum Gasteiger partial charge on any atom is 0.338 e. The van der Waals surface area contributed by atoms with Crippen LogP contribution in [0.15, 0.2) is 53.4 Å². The summed E-state index contributed by atoms with van der Waals surface area (Å²) in [5.74, 6) is -1.16. The minimum atomic E-state index is -3.57. The zero-order valence-electron chi connectivity index (χ0n) is 16.8. The third-order valence-electron chi connectivity index (χ3n) is 4.26. The van der Waals surface area contributed by atoms with Crippen molar-refractivity contribution in [1.82, 2.24) is 4.31 Å². The van der Waals surface area contributed by atoms with Crippen molar-refractivity contribution in [2.24, 2.45) is 0 Å². The number of hydrogen-bond acceptors (Lipinski definition) is 5. The standard InChI is InChI=1S/C21H26N2O5S/c1-4-5-6-16-7-11-18(12-8-16)22-20(24)15-28-21(25)17-9-13-19(14-10-17)29(26,27)23(2)3/h7-14H,4-6,15H2,1-3H3,(H,22,24). The number of amides is 1. The highest BCUT2D eigenvalue weighted by Gasteiger charge is 2.18. The molecule has 0 aliphatic carbocycles. The molecule has 2 aromatic carbocycles. The second-order valence-electron chi connectivity index (χ2n) is 6.74. The Bertz CT molecular complexity index is 936. The average Bonchev–Trinajstić information content (AvgIpc) is 2.71. The van der Waals surface area contributed by atoms with E-state index in [9.17, 15) is 18.0 Å². The van der Waals surface area contributed by atoms with Crippen LogP contribution in [0, 0.1) is 0 Å². The highest BCUT2D eigenvalue weighted by atomic mass is 32.2. The summed E-state index contributed by atoms with van der Waals surface area (Å²) in [6.45, 7) is 1.70. The first-order valence-corrected chi connectivity index (χ1v) is 10.8. The van der Waals surface area contributed by atoms with E-state index in [2.05, 4.69) is 12.2 Å². The summed E-state index contributed by atoms with van der Waals surface area (Å²) >= 11 is 0. The van der Waals surface area contributed by atoms with Crippen molar-refractivity contribution in [3.63, 3.8) is 0 Å². The quantitative estimate of drug-likeness (QED) is 0.632. The first-order chi connectivity index (χ1) is 13.7. The Hall–Kier alpha value is -2.71. The Kier molecular flexibility index (Phi) is 7.92. The third-order valence-corrected chi connectivity index (χ3v) is 6.09. The van der Waals surface area contributed by atoms with Crippen LogP contribution in [0.25, 0.3) is 0 Å². The molecular weight excluding hydrogens is 392 g/mol. The van der Waals surface area contributed by atoms with Crippen LogP contribution in [0.4, 0.5) is 5.69 Å². The molecule has 1 amide bonds. The highest BCUT2D eigenvalue weighted by Crippen LogP contribution is 2.15. The molecule has 0 saturated carbocycles. The topological polar surface area (TPSA) is 92.8 Å². The molecule has 2 aromatic rings. The zero-order chi connectivity index (χ0) is 21.4. The van der Waals surface area contributed by atoms with Crippen LogP contribution in [0.1, 0.15) is 35.7 Å². The average molecular weight is 419 g/mol. The number of benzene rings is 2. The van der Waals surface area contributed by atoms with E-state index in [-0.39, 0.29) is 10.5 Å². The van der Waals surface area contributed by atoms with Gasteiger partial charge in [0.15, 0.2) is 6.61 Å². The van der Waals surface area contributed by atoms with Crippen molar-refractivity contribution in [2.45, 2.75) is 31.1 Å². The lowest BCUT2D eigenvalue weighted by atomic mass is 10.1. The lowest BCUT2D eigenvalue weighted by molar-refractivity contribution is -0.119. The van der Waals surface area contributed by atoms with Crippen LogP contribution in [0.3, 0.4) is 0 Å². The van der Waals surface area contributed by atoms with Gasteiger partial charge in [0.1, 0.15) is 0 Å². The van der Waals surface area contributed by atoms with E-state index in [0.717, 1.165) is 23.6 Å². The van der Waals surface area contributed by atoms with E-state index in [1.54, 1.807) is 0 Å². The lowest BCUT2D eigenvalue weighted by Crippen LogP contribution is -2.22. The number of carbonyl (C=O) groups is 2. The Balaban J connectivity index is 1.87. The van der Waals surface area contributed by atoms with Crippen LogP contribution >= 0.6 is 0 Å². The molecule has 8 heteroatoms. The number of ether oxygens (including phenoxy) is 1. The first kappa shape index (κ1) is 22.6. The van der Waals surface area contributed by atoms with Crippen LogP contribution < -0.4 is 5.32 Å². The maximum absolute atomic E-state index is 12.1. The molecule has 2 rings (SSSR count). The van der Waals surface area contributed by atoms with Crippen LogP contribution in [-0.4, -0.2) is 45.3 Å². The van der Waals surface area contributed by atoms with Gasteiger partial charge in [-0.2, -0.15) is 0 Å². The van der Waals surface area contributed by atoms with Gasteiger partial charge in [0.05, 0.1) is 10.5 Å². The number of nitrogens with one attached hydrogen (secondary N) is 1. The van der Waals surface area contributed by atoms with Crippen molar-refractivity contribution in [1.29, 1.82) is 0 Å². The molecule has 0 aliphatic heterocycles. The predicted molar refractivity (Wildman–Crippen MR) is 111 cm³/mol. The van der Waals surface area contributed by atoms with Crippen LogP contribution in [0.2, 0.25) is 0 Å². The minimum absolute atomic E-state index is 0.0687. The zero-order valence-corrected chi connectivity index (χ0v) is 17.7. The SMILES string of the molecule is CCCCc1ccc(NC(=O)COC(=O)c2ccc(S(=O)(=O)N(C)C)cc2)cc1. The van der Waals surface area contributed by atoms with Gasteiger partial charge in [0.25, 0.3) is 5.91 Å². The number of sulfonamides is 1. The molecule has 0 fully saturated rings. The van der Waals surface area contributed by atoms with Gasteiger partial charge < -0.3 is 10.1 Å². The summed E-state index contributed by atoms with van der Waals surface area (Å²) in [4.78, 5) is 24.1. The summed E-state index contributed by atoms with van der Waals surface area (Å²) in [6.07, 6.45) is 3.23. The predicted octanol–water partition coefficient (Wildman–Crippen LogP) is 3.08. The molecule has 156 valence electrons. The summed E-state index contributed by atoms with van der Waals surface area (Å²) < 4.78 is 30.1. The normalized spacial score (nSPS) is 11.3. The fourth-order valence-electron chi connectivity index (χ4n) is 2.52. The Morgan fingerprint density at radius 3 is 2.17 bits per heavy atom. The lowest BCUT2D eigenvalue weighted by Gasteiger charge is -2.11. The first-order valence-electron chi connectivity index (χ1n) is 9.32. The molecule has 0 saturated heterocycles. The van der Waals surface area contributed by atoms with Crippen molar-refractivity contribution in [3.05, 3.63) is 59.7 Å². The van der Waals surface area contributed by atoms with Gasteiger partial charge in [-0.15, -0.1) is 0 Å². The molecule has 0 radical (unpaired) electrons. The van der Waals surface area contributed by atoms with Gasteiger partial charge in [-0.25, -0.2) is 17.5 Å². The summed E-state index contributed by atoms with van der Waals surface area (Å²) in [7, 11) is -0.720. The number of nitrogens with zero attached hydrogens (tertiary/aromatic N) is 1. The molecule has 0 aliphatic rings. The molecule has 0 bridgehead atoms. The highest BCUT2D eigenvalue weighted by molar-refractivity contribution is 7.89. The summed E-state index contributed by atoms with van der Waals surface area (Å²) in [6, 6.07) is 12.9. The Morgan fingerprint density at radius 2 is 1.62 bits per heavy atom. The van der Waals surface area contributed by atoms with Gasteiger partial charge in [-0.1, -0.05) is 25.5 Å². The molecule has 29 heavy (non-hydrogen) atoms. The smallest absolute Gasteiger partial charge is 0.338 e. The second-order valence-corrected chi connectivity index (χ2v) is 8.89. The fourth-order valence-corrected chi connectivity index (χ4v) is 3.42. The van der Waals surface area contributed by atoms with Gasteiger partial charge in [0.2, 0.25) is 10.0 Å². The maximum atomic E-state index is 12.1. The van der Waals surface area contributed by atoms with E-state index in [4.69, 9.17) is 4.74 Å². The third kappa shape index (κ3) is 6.40. The van der Waals surface area contributed by atoms with Crippen molar-refractivity contribution < 1.29 is 22.7 Å². The fraction of sp³-hybridized carbons (Fsp3) is 0.333. The van der Waals surface area contributed by atoms with E-state index in [1.165, 1.54) is 43.9 Å². The number of aryl methyl sites for hydroxylation is 1. The molecule has 0 heterocycles. The Labute approximate surface area is 171 Å². The number of hydrogen-bond donors (Lipinski definition) is 1. The van der Waals surface area contributed by atoms with Gasteiger partial charge in [-0.3, -0.25) is 4.79 Å². The number of rotatable bonds is 9. The van der Waals surface area contributed by atoms with Gasteiger partial charge in [-0.05, 0) is 54.8 Å². The van der Waals surface area contributed by atoms with E-state index < -0.39 is 28.5 Å². The molecule has 1 N–H and O–H groups in total. The van der Waals surface area contributed by atoms with E-state index >= 15 is 0 Å². The minimum Gasteiger partial charge on any atom is -0.452 e. The number of carbonyl (C=O) groups excluding carboxylic acids is 2. The molecule has 0 atom stereocenters. The Morgan fingerprint density at radius 1 is 1.00 bits per heavy atom. The van der Waals surface area contributed by atoms with Crippen molar-refractivity contribution in [2.75, 3.05) is 26.0 Å². The van der Waals surface area contributed by atoms with Crippen LogP contribution in [-0.2, 0) is 26.0 Å². The molecule has 0 aromatic heterocycles. The molecule has 7 nitrogen and oxygen atoms in total. The number of anilines is 1. The van der Waals surface area contributed by atoms with Crippen molar-refractivity contribution >= 4 is 27.6 Å². The van der Waals surface area contributed by atoms with Gasteiger partial charge >= 0.3 is 5.97 Å². The van der Waals surface area contributed by atoms with E-state index in [0.29, 0.717) is 5.69 Å². The summed E-state index contributed by atoms with van der Waals surface area (Å²) in [5, 5.41) is 2.67. The summed E-state index contributed by atoms with van der Waals surface area (Å²) in [5.41, 5.74) is 2.00. The van der Waals surface area contributed by atoms with Crippen LogP contribution in [0.5, 0.6) is 0 Å². The molecule has 0 unspecified atom stereocenters. The molecular formula is C21H26N2O5S. The monoisotopic (exact) mass is 418 g/mol. The van der Waals surface area contributed by atoms with Crippen molar-refractivity contribution in [3.8, 4) is 0 Å². The largest absolute Gasteiger partial charge is 0.452 e. The number of unbranched alkanes of at least 4 members (excludes halogenated alkanes) is 1.